The molecule has 0 saturated carbocycles. The van der Waals surface area contributed by atoms with Gasteiger partial charge in [-0.25, -0.2) is 9.18 Å². The van der Waals surface area contributed by atoms with E-state index in [9.17, 15) is 14.3 Å². The molecular weight excluding hydrogens is 269 g/mol. The van der Waals surface area contributed by atoms with Crippen LogP contribution in [0.25, 0.3) is 10.9 Å². The van der Waals surface area contributed by atoms with Gasteiger partial charge in [0, 0.05) is 17.1 Å². The van der Waals surface area contributed by atoms with E-state index in [1.54, 1.807) is 0 Å². The largest absolute Gasteiger partial charge is 0.478 e. The highest BCUT2D eigenvalue weighted by Gasteiger charge is 2.16. The maximum atomic E-state index is 13.5. The SMILES string of the molecule is CCC(C)c1cc(C(=O)O)c2cc(Cl)c(F)cc2n1. The Balaban J connectivity index is 2.79. The Bertz CT molecular complexity index is 657. The smallest absolute Gasteiger partial charge is 0.336 e. The number of benzene rings is 1. The molecule has 1 atom stereocenters. The summed E-state index contributed by atoms with van der Waals surface area (Å²) in [5.41, 5.74) is 1.06. The summed E-state index contributed by atoms with van der Waals surface area (Å²) in [6.07, 6.45) is 0.827. The van der Waals surface area contributed by atoms with E-state index in [1.165, 1.54) is 18.2 Å². The number of carbonyl (C=O) groups is 1. The number of aromatic carboxylic acids is 1. The Morgan fingerprint density at radius 2 is 2.16 bits per heavy atom. The van der Waals surface area contributed by atoms with E-state index in [4.69, 9.17) is 11.6 Å². The second-order valence-corrected chi connectivity index (χ2v) is 4.90. The molecule has 3 nitrogen and oxygen atoms in total. The summed E-state index contributed by atoms with van der Waals surface area (Å²) >= 11 is 5.70. The molecule has 19 heavy (non-hydrogen) atoms. The number of nitrogens with zero attached hydrogens (tertiary/aromatic N) is 1. The highest BCUT2D eigenvalue weighted by molar-refractivity contribution is 6.31. The van der Waals surface area contributed by atoms with Crippen molar-refractivity contribution in [2.45, 2.75) is 26.2 Å². The number of carboxylic acid groups (broad SMARTS) is 1. The Morgan fingerprint density at radius 1 is 1.47 bits per heavy atom. The predicted molar refractivity (Wildman–Crippen MR) is 72.4 cm³/mol. The maximum absolute atomic E-state index is 13.5. The molecule has 1 unspecified atom stereocenters. The van der Waals surface area contributed by atoms with Gasteiger partial charge in [0.25, 0.3) is 0 Å². The number of rotatable bonds is 3. The average Bonchev–Trinajstić information content (AvgIpc) is 2.37. The summed E-state index contributed by atoms with van der Waals surface area (Å²) in [6, 6.07) is 4.02. The molecule has 0 bridgehead atoms. The van der Waals surface area contributed by atoms with E-state index < -0.39 is 11.8 Å². The lowest BCUT2D eigenvalue weighted by Crippen LogP contribution is -2.04. The van der Waals surface area contributed by atoms with Gasteiger partial charge in [-0.2, -0.15) is 0 Å². The molecule has 1 heterocycles. The van der Waals surface area contributed by atoms with Crippen LogP contribution in [0.1, 0.15) is 42.2 Å². The van der Waals surface area contributed by atoms with Gasteiger partial charge < -0.3 is 5.11 Å². The van der Waals surface area contributed by atoms with Crippen molar-refractivity contribution in [3.05, 3.63) is 40.3 Å². The Morgan fingerprint density at radius 3 is 2.74 bits per heavy atom. The summed E-state index contributed by atoms with van der Waals surface area (Å²) in [5, 5.41) is 9.51. The first-order valence-electron chi connectivity index (χ1n) is 5.97. The van der Waals surface area contributed by atoms with Crippen molar-refractivity contribution < 1.29 is 14.3 Å². The van der Waals surface area contributed by atoms with Crippen molar-refractivity contribution >= 4 is 28.5 Å². The van der Waals surface area contributed by atoms with Crippen molar-refractivity contribution in [2.75, 3.05) is 0 Å². The number of halogens is 2. The van der Waals surface area contributed by atoms with E-state index in [1.807, 2.05) is 13.8 Å². The zero-order valence-electron chi connectivity index (χ0n) is 10.6. The number of hydrogen-bond acceptors (Lipinski definition) is 2. The first kappa shape index (κ1) is 13.7. The molecule has 2 aromatic rings. The third-order valence-electron chi connectivity index (χ3n) is 3.22. The quantitative estimate of drug-likeness (QED) is 0.915. The summed E-state index contributed by atoms with van der Waals surface area (Å²) < 4.78 is 13.5. The van der Waals surface area contributed by atoms with Crippen LogP contribution in [0.15, 0.2) is 18.2 Å². The molecular formula is C14H13ClFNO2. The van der Waals surface area contributed by atoms with Crippen LogP contribution in [0.4, 0.5) is 4.39 Å². The fourth-order valence-electron chi connectivity index (χ4n) is 1.88. The number of hydrogen-bond donors (Lipinski definition) is 1. The molecule has 0 aliphatic carbocycles. The minimum Gasteiger partial charge on any atom is -0.478 e. The Hall–Kier alpha value is -1.68. The van der Waals surface area contributed by atoms with Crippen LogP contribution in [0.5, 0.6) is 0 Å². The molecule has 0 fully saturated rings. The summed E-state index contributed by atoms with van der Waals surface area (Å²) in [7, 11) is 0. The molecule has 0 aliphatic rings. The molecule has 1 aromatic carbocycles. The minimum atomic E-state index is -1.07. The highest BCUT2D eigenvalue weighted by atomic mass is 35.5. The van der Waals surface area contributed by atoms with Crippen LogP contribution < -0.4 is 0 Å². The highest BCUT2D eigenvalue weighted by Crippen LogP contribution is 2.28. The minimum absolute atomic E-state index is 0.0993. The van der Waals surface area contributed by atoms with E-state index in [0.29, 0.717) is 16.6 Å². The fraction of sp³-hybridized carbons (Fsp3) is 0.286. The first-order valence-corrected chi connectivity index (χ1v) is 6.34. The summed E-state index contributed by atoms with van der Waals surface area (Å²) in [4.78, 5) is 15.6. The maximum Gasteiger partial charge on any atom is 0.336 e. The van der Waals surface area contributed by atoms with Gasteiger partial charge in [0.2, 0.25) is 0 Å². The molecule has 0 saturated heterocycles. The molecule has 0 aliphatic heterocycles. The fourth-order valence-corrected chi connectivity index (χ4v) is 2.04. The molecule has 1 aromatic heterocycles. The van der Waals surface area contributed by atoms with Crippen molar-refractivity contribution in [1.82, 2.24) is 4.98 Å². The molecule has 1 N–H and O–H groups in total. The average molecular weight is 282 g/mol. The third kappa shape index (κ3) is 2.54. The molecule has 0 radical (unpaired) electrons. The van der Waals surface area contributed by atoms with E-state index >= 15 is 0 Å². The van der Waals surface area contributed by atoms with Crippen LogP contribution in [-0.4, -0.2) is 16.1 Å². The van der Waals surface area contributed by atoms with Gasteiger partial charge in [0.1, 0.15) is 5.82 Å². The predicted octanol–water partition coefficient (Wildman–Crippen LogP) is 4.24. The van der Waals surface area contributed by atoms with Crippen LogP contribution in [-0.2, 0) is 0 Å². The van der Waals surface area contributed by atoms with Crippen LogP contribution in [0, 0.1) is 5.82 Å². The van der Waals surface area contributed by atoms with Gasteiger partial charge in [-0.15, -0.1) is 0 Å². The molecule has 0 spiro atoms. The third-order valence-corrected chi connectivity index (χ3v) is 3.51. The van der Waals surface area contributed by atoms with Crippen molar-refractivity contribution in [1.29, 1.82) is 0 Å². The zero-order chi connectivity index (χ0) is 14.2. The molecule has 0 amide bonds. The van der Waals surface area contributed by atoms with E-state index in [0.717, 1.165) is 6.42 Å². The monoisotopic (exact) mass is 281 g/mol. The zero-order valence-corrected chi connectivity index (χ0v) is 11.3. The van der Waals surface area contributed by atoms with Crippen molar-refractivity contribution in [3.63, 3.8) is 0 Å². The number of pyridine rings is 1. The van der Waals surface area contributed by atoms with Gasteiger partial charge in [-0.3, -0.25) is 4.98 Å². The molecule has 100 valence electrons. The van der Waals surface area contributed by atoms with E-state index in [-0.39, 0.29) is 16.5 Å². The summed E-state index contributed by atoms with van der Waals surface area (Å²) in [5.74, 6) is -1.56. The summed E-state index contributed by atoms with van der Waals surface area (Å²) in [6.45, 7) is 3.94. The van der Waals surface area contributed by atoms with Crippen molar-refractivity contribution in [2.24, 2.45) is 0 Å². The second-order valence-electron chi connectivity index (χ2n) is 4.49. The lowest BCUT2D eigenvalue weighted by Gasteiger charge is -2.11. The topological polar surface area (TPSA) is 50.2 Å². The normalized spacial score (nSPS) is 12.6. The van der Waals surface area contributed by atoms with E-state index in [2.05, 4.69) is 4.98 Å². The van der Waals surface area contributed by atoms with Crippen LogP contribution >= 0.6 is 11.6 Å². The second kappa shape index (κ2) is 5.13. The van der Waals surface area contributed by atoms with Gasteiger partial charge in [0.15, 0.2) is 0 Å². The Kier molecular flexibility index (Phi) is 3.71. The van der Waals surface area contributed by atoms with Gasteiger partial charge >= 0.3 is 5.97 Å². The van der Waals surface area contributed by atoms with Crippen molar-refractivity contribution in [3.8, 4) is 0 Å². The van der Waals surface area contributed by atoms with Crippen LogP contribution in [0.2, 0.25) is 5.02 Å². The van der Waals surface area contributed by atoms with Gasteiger partial charge in [0.05, 0.1) is 16.1 Å². The number of carboxylic acids is 1. The Labute approximate surface area is 115 Å². The lowest BCUT2D eigenvalue weighted by molar-refractivity contribution is 0.0699. The first-order chi connectivity index (χ1) is 8.93. The van der Waals surface area contributed by atoms with Gasteiger partial charge in [-0.05, 0) is 24.5 Å². The lowest BCUT2D eigenvalue weighted by atomic mass is 10.00. The van der Waals surface area contributed by atoms with Gasteiger partial charge in [-0.1, -0.05) is 25.4 Å². The number of aromatic nitrogens is 1. The molecule has 2 rings (SSSR count). The number of fused-ring (bicyclic) bond motifs is 1. The standard InChI is InChI=1S/C14H13ClFNO2/c1-3-7(2)12-5-9(14(18)19)8-4-10(15)11(16)6-13(8)17-12/h4-7H,3H2,1-2H3,(H,18,19). The van der Waals surface area contributed by atoms with Crippen LogP contribution in [0.3, 0.4) is 0 Å². The molecule has 5 heteroatoms.